The molecule has 0 aromatic heterocycles. The zero-order chi connectivity index (χ0) is 9.72. The van der Waals surface area contributed by atoms with Gasteiger partial charge in [-0.25, -0.2) is 0 Å². The van der Waals surface area contributed by atoms with E-state index in [1.54, 1.807) is 0 Å². The first-order chi connectivity index (χ1) is 5.45. The molecular weight excluding hydrogens is 162 g/mol. The highest BCUT2D eigenvalue weighted by Crippen LogP contribution is 1.79. The molecule has 0 aliphatic rings. The van der Waals surface area contributed by atoms with Gasteiger partial charge < -0.3 is 21.9 Å². The van der Waals surface area contributed by atoms with Crippen molar-refractivity contribution in [2.75, 3.05) is 6.54 Å². The van der Waals surface area contributed by atoms with Gasteiger partial charge in [-0.15, -0.1) is 0 Å². The smallest absolute Gasteiger partial charge is 0.248 e. The Labute approximate surface area is 69.9 Å². The number of carbonyl (C=O) groups excluding carboxylic acids is 2. The Morgan fingerprint density at radius 3 is 2.42 bits per heavy atom. The Morgan fingerprint density at radius 1 is 1.58 bits per heavy atom. The van der Waals surface area contributed by atoms with Crippen molar-refractivity contribution in [2.24, 2.45) is 11.5 Å². The SMILES string of the molecule is CC(N)C(=O)NCC(O)C(N)=O. The van der Waals surface area contributed by atoms with Crippen LogP contribution in [0.4, 0.5) is 0 Å². The zero-order valence-corrected chi connectivity index (χ0v) is 6.78. The van der Waals surface area contributed by atoms with Gasteiger partial charge in [0.05, 0.1) is 12.6 Å². The number of nitrogens with one attached hydrogen (secondary N) is 1. The fourth-order valence-corrected chi connectivity index (χ4v) is 0.459. The maximum atomic E-state index is 10.8. The second-order valence-electron chi connectivity index (χ2n) is 2.45. The highest BCUT2D eigenvalue weighted by molar-refractivity contribution is 5.83. The highest BCUT2D eigenvalue weighted by atomic mass is 16.3. The summed E-state index contributed by atoms with van der Waals surface area (Å²) in [7, 11) is 0. The number of amides is 2. The van der Waals surface area contributed by atoms with Crippen LogP contribution in [0.2, 0.25) is 0 Å². The van der Waals surface area contributed by atoms with E-state index in [0.29, 0.717) is 0 Å². The Balaban J connectivity index is 3.69. The second kappa shape index (κ2) is 4.68. The van der Waals surface area contributed by atoms with Crippen LogP contribution < -0.4 is 16.8 Å². The summed E-state index contributed by atoms with van der Waals surface area (Å²) in [5, 5.41) is 11.1. The van der Waals surface area contributed by atoms with E-state index in [1.165, 1.54) is 6.92 Å². The summed E-state index contributed by atoms with van der Waals surface area (Å²) in [5.74, 6) is -1.31. The van der Waals surface area contributed by atoms with Crippen LogP contribution in [0.5, 0.6) is 0 Å². The maximum absolute atomic E-state index is 10.8. The highest BCUT2D eigenvalue weighted by Gasteiger charge is 2.13. The molecule has 0 radical (unpaired) electrons. The first-order valence-corrected chi connectivity index (χ1v) is 3.45. The van der Waals surface area contributed by atoms with Crippen molar-refractivity contribution in [1.29, 1.82) is 0 Å². The molecule has 0 bridgehead atoms. The normalized spacial score (nSPS) is 14.9. The average molecular weight is 175 g/mol. The van der Waals surface area contributed by atoms with E-state index in [2.05, 4.69) is 5.32 Å². The van der Waals surface area contributed by atoms with Crippen LogP contribution in [0, 0.1) is 0 Å². The van der Waals surface area contributed by atoms with Crippen molar-refractivity contribution >= 4 is 11.8 Å². The van der Waals surface area contributed by atoms with Crippen LogP contribution in [-0.4, -0.2) is 35.6 Å². The minimum Gasteiger partial charge on any atom is -0.381 e. The molecule has 0 aromatic carbocycles. The molecule has 6 heteroatoms. The third kappa shape index (κ3) is 3.89. The van der Waals surface area contributed by atoms with Crippen LogP contribution in [0.15, 0.2) is 0 Å². The summed E-state index contributed by atoms with van der Waals surface area (Å²) in [6, 6.07) is -0.662. The molecule has 0 spiro atoms. The number of aliphatic hydroxyl groups is 1. The molecule has 0 aliphatic heterocycles. The minimum atomic E-state index is -1.35. The molecule has 0 rings (SSSR count). The fraction of sp³-hybridized carbons (Fsp3) is 0.667. The first kappa shape index (κ1) is 10.9. The summed E-state index contributed by atoms with van der Waals surface area (Å²) in [6.07, 6.45) is -1.35. The topological polar surface area (TPSA) is 118 Å². The van der Waals surface area contributed by atoms with E-state index in [1.807, 2.05) is 0 Å². The van der Waals surface area contributed by atoms with Crippen molar-refractivity contribution in [2.45, 2.75) is 19.1 Å². The molecule has 0 fully saturated rings. The summed E-state index contributed by atoms with van der Waals surface area (Å²) in [5.41, 5.74) is 9.92. The molecule has 2 atom stereocenters. The number of primary amides is 1. The van der Waals surface area contributed by atoms with E-state index >= 15 is 0 Å². The Kier molecular flexibility index (Phi) is 4.24. The quantitative estimate of drug-likeness (QED) is 0.371. The standard InChI is InChI=1S/C6H13N3O3/c1-3(7)6(12)9-2-4(10)5(8)11/h3-4,10H,2,7H2,1H3,(H2,8,11)(H,9,12). The Hall–Kier alpha value is -1.14. The predicted octanol–water partition coefficient (Wildman–Crippen LogP) is -2.70. The van der Waals surface area contributed by atoms with Crippen molar-refractivity contribution in [3.63, 3.8) is 0 Å². The summed E-state index contributed by atoms with van der Waals surface area (Å²) < 4.78 is 0. The maximum Gasteiger partial charge on any atom is 0.248 e. The number of aliphatic hydroxyl groups excluding tert-OH is 1. The lowest BCUT2D eigenvalue weighted by molar-refractivity contribution is -0.127. The van der Waals surface area contributed by atoms with Gasteiger partial charge in [0.1, 0.15) is 6.10 Å². The molecule has 6 N–H and O–H groups in total. The molecule has 0 saturated carbocycles. The van der Waals surface area contributed by atoms with Crippen molar-refractivity contribution in [1.82, 2.24) is 5.32 Å². The van der Waals surface area contributed by atoms with Crippen LogP contribution in [0.25, 0.3) is 0 Å². The monoisotopic (exact) mass is 175 g/mol. The van der Waals surface area contributed by atoms with E-state index in [0.717, 1.165) is 0 Å². The first-order valence-electron chi connectivity index (χ1n) is 3.45. The molecule has 0 aliphatic carbocycles. The van der Waals surface area contributed by atoms with Gasteiger partial charge in [-0.2, -0.15) is 0 Å². The van der Waals surface area contributed by atoms with Gasteiger partial charge in [0.25, 0.3) is 0 Å². The van der Waals surface area contributed by atoms with Crippen LogP contribution in [0.1, 0.15) is 6.92 Å². The fourth-order valence-electron chi connectivity index (χ4n) is 0.459. The third-order valence-electron chi connectivity index (χ3n) is 1.21. The largest absolute Gasteiger partial charge is 0.381 e. The molecule has 6 nitrogen and oxygen atoms in total. The molecule has 0 aromatic rings. The van der Waals surface area contributed by atoms with Crippen LogP contribution >= 0.6 is 0 Å². The lowest BCUT2D eigenvalue weighted by atomic mass is 10.3. The third-order valence-corrected chi connectivity index (χ3v) is 1.21. The second-order valence-corrected chi connectivity index (χ2v) is 2.45. The summed E-state index contributed by atoms with van der Waals surface area (Å²) in [4.78, 5) is 21.0. The van der Waals surface area contributed by atoms with Gasteiger partial charge in [-0.1, -0.05) is 0 Å². The number of rotatable bonds is 4. The predicted molar refractivity (Wildman–Crippen MR) is 41.9 cm³/mol. The van der Waals surface area contributed by atoms with E-state index < -0.39 is 24.0 Å². The number of nitrogens with two attached hydrogens (primary N) is 2. The van der Waals surface area contributed by atoms with Gasteiger partial charge in [0.2, 0.25) is 11.8 Å². The number of carbonyl (C=O) groups is 2. The lowest BCUT2D eigenvalue weighted by Gasteiger charge is -2.09. The van der Waals surface area contributed by atoms with Gasteiger partial charge in [0, 0.05) is 0 Å². The van der Waals surface area contributed by atoms with Crippen molar-refractivity contribution in [3.05, 3.63) is 0 Å². The van der Waals surface area contributed by atoms with Crippen LogP contribution in [-0.2, 0) is 9.59 Å². The summed E-state index contributed by atoms with van der Waals surface area (Å²) >= 11 is 0. The van der Waals surface area contributed by atoms with Crippen molar-refractivity contribution < 1.29 is 14.7 Å². The molecule has 2 unspecified atom stereocenters. The molecule has 70 valence electrons. The minimum absolute atomic E-state index is 0.199. The van der Waals surface area contributed by atoms with Gasteiger partial charge in [-0.3, -0.25) is 9.59 Å². The van der Waals surface area contributed by atoms with Gasteiger partial charge in [-0.05, 0) is 6.92 Å². The van der Waals surface area contributed by atoms with Gasteiger partial charge in [0.15, 0.2) is 0 Å². The molecule has 0 saturated heterocycles. The molecule has 0 heterocycles. The van der Waals surface area contributed by atoms with E-state index in [4.69, 9.17) is 16.6 Å². The van der Waals surface area contributed by atoms with E-state index in [-0.39, 0.29) is 6.54 Å². The molecule has 12 heavy (non-hydrogen) atoms. The van der Waals surface area contributed by atoms with Gasteiger partial charge >= 0.3 is 0 Å². The molecular formula is C6H13N3O3. The summed E-state index contributed by atoms with van der Waals surface area (Å²) in [6.45, 7) is 1.29. The Morgan fingerprint density at radius 2 is 2.08 bits per heavy atom. The number of hydrogen-bond acceptors (Lipinski definition) is 4. The van der Waals surface area contributed by atoms with Crippen molar-refractivity contribution in [3.8, 4) is 0 Å². The lowest BCUT2D eigenvalue weighted by Crippen LogP contribution is -2.45. The van der Waals surface area contributed by atoms with Crippen LogP contribution in [0.3, 0.4) is 0 Å². The Bertz CT molecular complexity index is 181. The average Bonchev–Trinajstić information content (AvgIpc) is 1.98. The molecule has 2 amide bonds. The zero-order valence-electron chi connectivity index (χ0n) is 6.78. The van der Waals surface area contributed by atoms with E-state index in [9.17, 15) is 9.59 Å². The number of hydrogen-bond donors (Lipinski definition) is 4.